The first-order valence-electron chi connectivity index (χ1n) is 5.74. The van der Waals surface area contributed by atoms with E-state index in [9.17, 15) is 0 Å². The molecule has 0 rings (SSSR count). The quantitative estimate of drug-likeness (QED) is 0.481. The Bertz CT molecular complexity index is 131. The molecule has 0 saturated carbocycles. The number of rotatable bonds is 7. The molecule has 14 heavy (non-hydrogen) atoms. The molecule has 0 fully saturated rings. The van der Waals surface area contributed by atoms with E-state index in [2.05, 4.69) is 27.7 Å². The van der Waals surface area contributed by atoms with Gasteiger partial charge in [-0.05, 0) is 18.8 Å². The standard InChI is InChI=1S/C11H26O2Si/c1-6-8(3)11(9(4)7-2)12-10(5)13-14/h8-11H,6-7H2,1-5,14H3. The number of ether oxygens (including phenoxy) is 1. The molecule has 0 saturated heterocycles. The van der Waals surface area contributed by atoms with Gasteiger partial charge in [0.1, 0.15) is 16.8 Å². The summed E-state index contributed by atoms with van der Waals surface area (Å²) in [6, 6.07) is 0. The van der Waals surface area contributed by atoms with Crippen molar-refractivity contribution < 1.29 is 9.16 Å². The first-order valence-corrected chi connectivity index (χ1v) is 6.56. The van der Waals surface area contributed by atoms with Crippen LogP contribution in [0.15, 0.2) is 0 Å². The second-order valence-corrected chi connectivity index (χ2v) is 4.65. The van der Waals surface area contributed by atoms with Crippen molar-refractivity contribution in [3.8, 4) is 0 Å². The van der Waals surface area contributed by atoms with Gasteiger partial charge in [-0.2, -0.15) is 0 Å². The highest BCUT2D eigenvalue weighted by atomic mass is 28.2. The van der Waals surface area contributed by atoms with Gasteiger partial charge in [0.2, 0.25) is 0 Å². The van der Waals surface area contributed by atoms with Gasteiger partial charge >= 0.3 is 0 Å². The van der Waals surface area contributed by atoms with Crippen molar-refractivity contribution in [2.24, 2.45) is 11.8 Å². The van der Waals surface area contributed by atoms with Gasteiger partial charge in [0.25, 0.3) is 0 Å². The molecule has 0 radical (unpaired) electrons. The van der Waals surface area contributed by atoms with Crippen molar-refractivity contribution in [2.45, 2.75) is 59.9 Å². The Morgan fingerprint density at radius 2 is 1.43 bits per heavy atom. The monoisotopic (exact) mass is 218 g/mol. The zero-order chi connectivity index (χ0) is 11.1. The number of hydrogen-bond donors (Lipinski definition) is 0. The molecule has 0 aromatic heterocycles. The average Bonchev–Trinajstić information content (AvgIpc) is 2.23. The molecule has 0 aliphatic rings. The Labute approximate surface area is 91.9 Å². The molecule has 0 N–H and O–H groups in total. The molecule has 3 unspecified atom stereocenters. The lowest BCUT2D eigenvalue weighted by atomic mass is 9.90. The Balaban J connectivity index is 4.23. The van der Waals surface area contributed by atoms with Crippen LogP contribution >= 0.6 is 0 Å². The van der Waals surface area contributed by atoms with Gasteiger partial charge in [-0.1, -0.05) is 40.5 Å². The van der Waals surface area contributed by atoms with E-state index in [1.807, 2.05) is 6.92 Å². The van der Waals surface area contributed by atoms with Gasteiger partial charge in [-0.25, -0.2) is 0 Å². The molecule has 0 aliphatic carbocycles. The summed E-state index contributed by atoms with van der Waals surface area (Å²) >= 11 is 0. The normalized spacial score (nSPS) is 20.4. The summed E-state index contributed by atoms with van der Waals surface area (Å²) in [6.07, 6.45) is 2.65. The van der Waals surface area contributed by atoms with Gasteiger partial charge in [-0.15, -0.1) is 0 Å². The molecule has 3 heteroatoms. The van der Waals surface area contributed by atoms with Gasteiger partial charge in [-0.3, -0.25) is 0 Å². The summed E-state index contributed by atoms with van der Waals surface area (Å²) in [5.74, 6) is 1.23. The zero-order valence-corrected chi connectivity index (χ0v) is 12.5. The highest BCUT2D eigenvalue weighted by Crippen LogP contribution is 2.23. The van der Waals surface area contributed by atoms with E-state index in [4.69, 9.17) is 9.16 Å². The lowest BCUT2D eigenvalue weighted by Gasteiger charge is -2.31. The minimum Gasteiger partial charge on any atom is -0.404 e. The van der Waals surface area contributed by atoms with E-state index < -0.39 is 0 Å². The molecule has 0 aliphatic heterocycles. The smallest absolute Gasteiger partial charge is 0.149 e. The van der Waals surface area contributed by atoms with Gasteiger partial charge in [0.15, 0.2) is 0 Å². The van der Waals surface area contributed by atoms with Crippen LogP contribution in [0, 0.1) is 11.8 Å². The molecule has 0 aromatic carbocycles. The number of hydrogen-bond acceptors (Lipinski definition) is 2. The maximum atomic E-state index is 5.92. The van der Waals surface area contributed by atoms with E-state index in [1.54, 1.807) is 0 Å². The van der Waals surface area contributed by atoms with Crippen LogP contribution < -0.4 is 0 Å². The van der Waals surface area contributed by atoms with E-state index in [0.29, 0.717) is 17.9 Å². The third-order valence-electron chi connectivity index (χ3n) is 3.09. The summed E-state index contributed by atoms with van der Waals surface area (Å²) < 4.78 is 11.2. The topological polar surface area (TPSA) is 18.5 Å². The summed E-state index contributed by atoms with van der Waals surface area (Å²) in [7, 11) is 0.748. The Kier molecular flexibility index (Phi) is 7.50. The molecule has 86 valence electrons. The van der Waals surface area contributed by atoms with Crippen LogP contribution in [0.1, 0.15) is 47.5 Å². The van der Waals surface area contributed by atoms with Crippen LogP contribution in [0.4, 0.5) is 0 Å². The highest BCUT2D eigenvalue weighted by molar-refractivity contribution is 5.98. The molecule has 0 bridgehead atoms. The molecule has 0 heterocycles. The molecular formula is C11H26O2Si. The second-order valence-electron chi connectivity index (χ2n) is 4.18. The fraction of sp³-hybridized carbons (Fsp3) is 1.00. The van der Waals surface area contributed by atoms with Crippen molar-refractivity contribution in [3.63, 3.8) is 0 Å². The SMILES string of the molecule is CCC(C)C(OC(C)O[SiH3])C(C)CC. The van der Waals surface area contributed by atoms with Gasteiger partial charge in [0.05, 0.1) is 6.10 Å². The summed E-state index contributed by atoms with van der Waals surface area (Å²) in [5, 5.41) is 0. The summed E-state index contributed by atoms with van der Waals surface area (Å²) in [5.41, 5.74) is 0. The largest absolute Gasteiger partial charge is 0.404 e. The lowest BCUT2D eigenvalue weighted by Crippen LogP contribution is -2.32. The molecule has 0 amide bonds. The van der Waals surface area contributed by atoms with E-state index in [1.165, 1.54) is 12.8 Å². The third kappa shape index (κ3) is 4.58. The van der Waals surface area contributed by atoms with Crippen molar-refractivity contribution in [3.05, 3.63) is 0 Å². The fourth-order valence-corrected chi connectivity index (χ4v) is 1.68. The summed E-state index contributed by atoms with van der Waals surface area (Å²) in [4.78, 5) is 0. The van der Waals surface area contributed by atoms with Gasteiger partial charge in [0, 0.05) is 0 Å². The first-order chi connectivity index (χ1) is 6.56. The van der Waals surface area contributed by atoms with E-state index in [-0.39, 0.29) is 6.29 Å². The van der Waals surface area contributed by atoms with Crippen molar-refractivity contribution >= 4 is 10.5 Å². The maximum absolute atomic E-state index is 5.92. The highest BCUT2D eigenvalue weighted by Gasteiger charge is 2.23. The minimum atomic E-state index is -0.0327. The first kappa shape index (κ1) is 14.1. The van der Waals surface area contributed by atoms with Crippen molar-refractivity contribution in [2.75, 3.05) is 0 Å². The van der Waals surface area contributed by atoms with Crippen LogP contribution in [0.25, 0.3) is 0 Å². The fourth-order valence-electron chi connectivity index (χ4n) is 1.57. The molecular weight excluding hydrogens is 192 g/mol. The molecule has 0 aromatic rings. The van der Waals surface area contributed by atoms with Crippen molar-refractivity contribution in [1.82, 2.24) is 0 Å². The summed E-state index contributed by atoms with van der Waals surface area (Å²) in [6.45, 7) is 10.9. The minimum absolute atomic E-state index is 0.0327. The van der Waals surface area contributed by atoms with Crippen molar-refractivity contribution in [1.29, 1.82) is 0 Å². The molecule has 3 atom stereocenters. The maximum Gasteiger partial charge on any atom is 0.149 e. The molecule has 0 spiro atoms. The van der Waals surface area contributed by atoms with Crippen LogP contribution in [0.2, 0.25) is 0 Å². The van der Waals surface area contributed by atoms with Crippen LogP contribution in [0.3, 0.4) is 0 Å². The predicted molar refractivity (Wildman–Crippen MR) is 64.3 cm³/mol. The van der Waals surface area contributed by atoms with Gasteiger partial charge < -0.3 is 9.16 Å². The Morgan fingerprint density at radius 3 is 1.71 bits per heavy atom. The van der Waals surface area contributed by atoms with Crippen LogP contribution in [-0.2, 0) is 9.16 Å². The third-order valence-corrected chi connectivity index (χ3v) is 3.75. The van der Waals surface area contributed by atoms with E-state index >= 15 is 0 Å². The lowest BCUT2D eigenvalue weighted by molar-refractivity contribution is -0.139. The average molecular weight is 218 g/mol. The molecule has 2 nitrogen and oxygen atoms in total. The van der Waals surface area contributed by atoms with Crippen LogP contribution in [0.5, 0.6) is 0 Å². The second kappa shape index (κ2) is 7.43. The van der Waals surface area contributed by atoms with Crippen LogP contribution in [-0.4, -0.2) is 22.9 Å². The van der Waals surface area contributed by atoms with E-state index in [0.717, 1.165) is 10.5 Å². The Morgan fingerprint density at radius 1 is 1.00 bits per heavy atom. The zero-order valence-electron chi connectivity index (χ0n) is 10.5. The predicted octanol–water partition coefficient (Wildman–Crippen LogP) is 2.11. The Hall–Kier alpha value is 0.137.